The lowest BCUT2D eigenvalue weighted by molar-refractivity contribution is -0.146. The van der Waals surface area contributed by atoms with Gasteiger partial charge in [-0.25, -0.2) is 4.79 Å². The lowest BCUT2D eigenvalue weighted by Gasteiger charge is -2.41. The molecule has 0 aliphatic heterocycles. The van der Waals surface area contributed by atoms with Gasteiger partial charge in [0, 0.05) is 0 Å². The van der Waals surface area contributed by atoms with Gasteiger partial charge in [-0.1, -0.05) is 58.6 Å². The second-order valence-corrected chi connectivity index (χ2v) is 10.2. The van der Waals surface area contributed by atoms with Crippen molar-refractivity contribution < 1.29 is 19.4 Å². The van der Waals surface area contributed by atoms with Crippen LogP contribution in [0.5, 0.6) is 5.75 Å². The van der Waals surface area contributed by atoms with Crippen LogP contribution < -0.4 is 4.74 Å². The van der Waals surface area contributed by atoms with Crippen molar-refractivity contribution in [1.29, 1.82) is 0 Å². The van der Waals surface area contributed by atoms with Gasteiger partial charge in [0.15, 0.2) is 0 Å². The summed E-state index contributed by atoms with van der Waals surface area (Å²) < 4.78 is 5.82. The Morgan fingerprint density at radius 3 is 1.93 bits per heavy atom. The zero-order valence-corrected chi connectivity index (χ0v) is 18.4. The minimum absolute atomic E-state index is 0.127. The number of benzene rings is 1. The van der Waals surface area contributed by atoms with Crippen molar-refractivity contribution in [2.45, 2.75) is 79.6 Å². The first-order valence-electron chi connectivity index (χ1n) is 10.8. The van der Waals surface area contributed by atoms with E-state index >= 15 is 0 Å². The van der Waals surface area contributed by atoms with Crippen molar-refractivity contribution in [2.75, 3.05) is 0 Å². The van der Waals surface area contributed by atoms with Crippen molar-refractivity contribution in [3.63, 3.8) is 0 Å². The molecule has 1 aromatic rings. The van der Waals surface area contributed by atoms with E-state index in [-0.39, 0.29) is 22.4 Å². The third-order valence-electron chi connectivity index (χ3n) is 7.16. The Hall–Kier alpha value is -2.10. The van der Waals surface area contributed by atoms with E-state index in [0.717, 1.165) is 44.9 Å². The number of carboxylic acids is 1. The molecule has 0 fully saturated rings. The quantitative estimate of drug-likeness (QED) is 0.342. The Morgan fingerprint density at radius 2 is 1.48 bits per heavy atom. The molecule has 158 valence electrons. The summed E-state index contributed by atoms with van der Waals surface area (Å²) >= 11 is 0. The van der Waals surface area contributed by atoms with Crippen LogP contribution >= 0.6 is 0 Å². The van der Waals surface area contributed by atoms with Crippen LogP contribution in [-0.2, 0) is 4.79 Å². The molecule has 0 atom stereocenters. The highest BCUT2D eigenvalue weighted by atomic mass is 16.5. The highest BCUT2D eigenvalue weighted by Gasteiger charge is 2.53. The molecular weight excluding hydrogens is 364 g/mol. The van der Waals surface area contributed by atoms with E-state index in [1.807, 2.05) is 0 Å². The topological polar surface area (TPSA) is 63.6 Å². The summed E-state index contributed by atoms with van der Waals surface area (Å²) in [4.78, 5) is 24.5. The summed E-state index contributed by atoms with van der Waals surface area (Å²) in [5.74, 6) is -0.742. The van der Waals surface area contributed by atoms with Crippen LogP contribution in [0, 0.1) is 16.2 Å². The number of hydrogen-bond donors (Lipinski definition) is 1. The average molecular weight is 399 g/mol. The first kappa shape index (κ1) is 21.6. The molecule has 1 N–H and O–H groups in total. The minimum atomic E-state index is -0.987. The van der Waals surface area contributed by atoms with Crippen molar-refractivity contribution in [2.24, 2.45) is 16.2 Å². The molecule has 0 unspecified atom stereocenters. The summed E-state index contributed by atoms with van der Waals surface area (Å²) in [7, 11) is 0. The van der Waals surface area contributed by atoms with Gasteiger partial charge in [0.25, 0.3) is 0 Å². The number of carboxylic acid groups (broad SMARTS) is 1. The van der Waals surface area contributed by atoms with Gasteiger partial charge in [0.1, 0.15) is 5.75 Å². The van der Waals surface area contributed by atoms with Gasteiger partial charge in [-0.05, 0) is 67.2 Å². The molecule has 0 saturated carbocycles. The largest absolute Gasteiger partial charge is 0.478 e. The molecule has 1 aromatic carbocycles. The summed E-state index contributed by atoms with van der Waals surface area (Å²) in [6, 6.07) is 6.11. The fraction of sp³-hybridized carbons (Fsp3) is 0.600. The number of ether oxygens (including phenoxy) is 1. The predicted octanol–water partition coefficient (Wildman–Crippen LogP) is 6.40. The minimum Gasteiger partial charge on any atom is -0.478 e. The molecule has 4 heteroatoms. The van der Waals surface area contributed by atoms with Crippen molar-refractivity contribution in [3.8, 4) is 5.75 Å². The molecular formula is C25H34O4. The number of hydrogen-bond acceptors (Lipinski definition) is 3. The monoisotopic (exact) mass is 398 g/mol. The van der Waals surface area contributed by atoms with Crippen LogP contribution in [0.1, 0.15) is 89.9 Å². The first-order chi connectivity index (χ1) is 13.5. The van der Waals surface area contributed by atoms with Crippen LogP contribution in [0.2, 0.25) is 0 Å². The Balaban J connectivity index is 1.88. The lowest BCUT2D eigenvalue weighted by Crippen LogP contribution is -2.34. The molecule has 0 radical (unpaired) electrons. The van der Waals surface area contributed by atoms with Crippen LogP contribution in [0.3, 0.4) is 0 Å². The van der Waals surface area contributed by atoms with E-state index in [9.17, 15) is 9.59 Å². The van der Waals surface area contributed by atoms with Gasteiger partial charge >= 0.3 is 11.9 Å². The highest BCUT2D eigenvalue weighted by molar-refractivity contribution is 5.88. The van der Waals surface area contributed by atoms with E-state index in [0.29, 0.717) is 5.75 Å². The van der Waals surface area contributed by atoms with Crippen molar-refractivity contribution >= 4 is 11.9 Å². The van der Waals surface area contributed by atoms with Gasteiger partial charge in [-0.3, -0.25) is 4.79 Å². The summed E-state index contributed by atoms with van der Waals surface area (Å²) in [6.07, 6.45) is 6.72. The zero-order valence-electron chi connectivity index (χ0n) is 18.4. The maximum absolute atomic E-state index is 13.5. The van der Waals surface area contributed by atoms with Crippen LogP contribution in [0.4, 0.5) is 0 Å². The molecule has 0 aromatic heterocycles. The first-order valence-corrected chi connectivity index (χ1v) is 10.8. The number of esters is 1. The SMILES string of the molecule is CCCCC1(C(=O)Oc2ccc(C(=O)O)cc2)CC2=C(C1)C(C)(C)CCC2(C)C. The molecule has 3 rings (SSSR count). The highest BCUT2D eigenvalue weighted by Crippen LogP contribution is 2.61. The van der Waals surface area contributed by atoms with Crippen LogP contribution in [-0.4, -0.2) is 17.0 Å². The van der Waals surface area contributed by atoms with E-state index in [1.165, 1.54) is 23.3 Å². The molecule has 0 saturated heterocycles. The lowest BCUT2D eigenvalue weighted by atomic mass is 9.64. The average Bonchev–Trinajstić information content (AvgIpc) is 3.08. The van der Waals surface area contributed by atoms with Crippen molar-refractivity contribution in [3.05, 3.63) is 41.0 Å². The number of carbonyl (C=O) groups excluding carboxylic acids is 1. The fourth-order valence-electron chi connectivity index (χ4n) is 4.99. The molecule has 0 bridgehead atoms. The van der Waals surface area contributed by atoms with Gasteiger partial charge in [-0.2, -0.15) is 0 Å². The molecule has 2 aliphatic rings. The molecule has 2 aliphatic carbocycles. The molecule has 4 nitrogen and oxygen atoms in total. The standard InChI is InChI=1S/C25H34O4/c1-6-7-12-25(22(28)29-18-10-8-17(9-11-18)21(26)27)15-19-20(16-25)24(4,5)14-13-23(19,2)3/h8-11H,6-7,12-16H2,1-5H3,(H,26,27). The third-order valence-corrected chi connectivity index (χ3v) is 7.16. The Morgan fingerprint density at radius 1 is 0.966 bits per heavy atom. The number of aromatic carboxylic acids is 1. The fourth-order valence-corrected chi connectivity index (χ4v) is 4.99. The number of rotatable bonds is 6. The zero-order chi connectivity index (χ0) is 21.4. The third kappa shape index (κ3) is 4.12. The van der Waals surface area contributed by atoms with E-state index < -0.39 is 11.4 Å². The maximum Gasteiger partial charge on any atom is 0.335 e. The van der Waals surface area contributed by atoms with Crippen LogP contribution in [0.25, 0.3) is 0 Å². The van der Waals surface area contributed by atoms with Crippen molar-refractivity contribution in [1.82, 2.24) is 0 Å². The number of carbonyl (C=O) groups is 2. The summed E-state index contributed by atoms with van der Waals surface area (Å²) in [5.41, 5.74) is 2.85. The normalized spacial score (nSPS) is 21.6. The molecule has 0 spiro atoms. The predicted molar refractivity (Wildman–Crippen MR) is 114 cm³/mol. The Bertz CT molecular complexity index is 799. The van der Waals surface area contributed by atoms with E-state index in [4.69, 9.17) is 9.84 Å². The van der Waals surface area contributed by atoms with Gasteiger partial charge < -0.3 is 9.84 Å². The molecule has 0 amide bonds. The Kier molecular flexibility index (Phi) is 5.68. The number of unbranched alkanes of at least 4 members (excludes halogenated alkanes) is 1. The van der Waals surface area contributed by atoms with E-state index in [2.05, 4.69) is 34.6 Å². The maximum atomic E-state index is 13.5. The second-order valence-electron chi connectivity index (χ2n) is 10.2. The second kappa shape index (κ2) is 7.62. The Labute approximate surface area is 174 Å². The summed E-state index contributed by atoms with van der Waals surface area (Å²) in [6.45, 7) is 11.4. The molecule has 29 heavy (non-hydrogen) atoms. The molecule has 0 heterocycles. The van der Waals surface area contributed by atoms with Gasteiger partial charge in [0.05, 0.1) is 11.0 Å². The van der Waals surface area contributed by atoms with E-state index in [1.54, 1.807) is 12.1 Å². The summed E-state index contributed by atoms with van der Waals surface area (Å²) in [5, 5.41) is 9.07. The van der Waals surface area contributed by atoms with Gasteiger partial charge in [-0.15, -0.1) is 0 Å². The smallest absolute Gasteiger partial charge is 0.335 e. The van der Waals surface area contributed by atoms with Gasteiger partial charge in [0.2, 0.25) is 0 Å². The number of allylic oxidation sites excluding steroid dienone is 2. The van der Waals surface area contributed by atoms with Crippen LogP contribution in [0.15, 0.2) is 35.4 Å².